The van der Waals surface area contributed by atoms with Crippen molar-refractivity contribution in [2.24, 2.45) is 0 Å². The van der Waals surface area contributed by atoms with Crippen molar-refractivity contribution in [2.75, 3.05) is 0 Å². The van der Waals surface area contributed by atoms with Crippen LogP contribution in [0.4, 0.5) is 0 Å². The van der Waals surface area contributed by atoms with Crippen LogP contribution >= 0.6 is 0 Å². The van der Waals surface area contributed by atoms with Gasteiger partial charge in [-0.25, -0.2) is 4.98 Å². The molecule has 0 spiro atoms. The van der Waals surface area contributed by atoms with E-state index in [-0.39, 0.29) is 6.04 Å². The summed E-state index contributed by atoms with van der Waals surface area (Å²) in [6.07, 6.45) is 2.31. The van der Waals surface area contributed by atoms with E-state index in [4.69, 9.17) is 0 Å². The molecule has 0 radical (unpaired) electrons. The Balaban J connectivity index is 1.84. The van der Waals surface area contributed by atoms with Gasteiger partial charge in [-0.05, 0) is 35.6 Å². The van der Waals surface area contributed by atoms with Crippen molar-refractivity contribution in [1.29, 1.82) is 0 Å². The number of hydrogen-bond acceptors (Lipinski definition) is 2. The fourth-order valence-corrected chi connectivity index (χ4v) is 3.56. The molecule has 0 bridgehead atoms. The molecule has 0 amide bonds. The van der Waals surface area contributed by atoms with Gasteiger partial charge in [-0.3, -0.25) is 0 Å². The number of fused-ring (bicyclic) bond motifs is 2. The molecule has 2 aromatic carbocycles. The first-order valence-electron chi connectivity index (χ1n) is 7.44. The summed E-state index contributed by atoms with van der Waals surface area (Å²) in [6.45, 7) is 2.23. The summed E-state index contributed by atoms with van der Waals surface area (Å²) < 4.78 is 2.13. The SMILES string of the molecule is CC1CC(n2cnc3ccccc32)C(O)c2ccccc21. The summed E-state index contributed by atoms with van der Waals surface area (Å²) in [5, 5.41) is 10.8. The first-order chi connectivity index (χ1) is 10.3. The van der Waals surface area contributed by atoms with Crippen LogP contribution in [0, 0.1) is 0 Å². The van der Waals surface area contributed by atoms with Gasteiger partial charge >= 0.3 is 0 Å². The Labute approximate surface area is 123 Å². The molecule has 3 nitrogen and oxygen atoms in total. The molecule has 1 heterocycles. The zero-order valence-electron chi connectivity index (χ0n) is 12.0. The lowest BCUT2D eigenvalue weighted by Gasteiger charge is -2.35. The molecule has 3 aromatic rings. The second kappa shape index (κ2) is 4.71. The number of benzene rings is 2. The van der Waals surface area contributed by atoms with E-state index in [9.17, 15) is 5.11 Å². The minimum absolute atomic E-state index is 0.0438. The van der Waals surface area contributed by atoms with Gasteiger partial charge in [0.2, 0.25) is 0 Å². The average molecular weight is 278 g/mol. The van der Waals surface area contributed by atoms with E-state index >= 15 is 0 Å². The van der Waals surface area contributed by atoms with Crippen LogP contribution in [0.3, 0.4) is 0 Å². The van der Waals surface area contributed by atoms with E-state index in [0.717, 1.165) is 23.0 Å². The van der Waals surface area contributed by atoms with Crippen molar-refractivity contribution in [2.45, 2.75) is 31.4 Å². The minimum atomic E-state index is -0.477. The molecule has 3 unspecified atom stereocenters. The summed E-state index contributed by atoms with van der Waals surface area (Å²) in [5.41, 5.74) is 4.40. The number of nitrogens with zero attached hydrogens (tertiary/aromatic N) is 2. The van der Waals surface area contributed by atoms with Gasteiger partial charge in [0.1, 0.15) is 6.10 Å². The maximum Gasteiger partial charge on any atom is 0.100 e. The maximum atomic E-state index is 10.8. The summed E-state index contributed by atoms with van der Waals surface area (Å²) in [4.78, 5) is 4.46. The lowest BCUT2D eigenvalue weighted by Crippen LogP contribution is -2.25. The molecule has 1 aliphatic rings. The van der Waals surface area contributed by atoms with Gasteiger partial charge in [-0.15, -0.1) is 0 Å². The standard InChI is InChI=1S/C18H18N2O/c1-12-10-17(18(21)14-7-3-2-6-13(12)14)20-11-19-15-8-4-5-9-16(15)20/h2-9,11-12,17-18,21H,10H2,1H3. The zero-order chi connectivity index (χ0) is 14.4. The van der Waals surface area contributed by atoms with Crippen LogP contribution < -0.4 is 0 Å². The van der Waals surface area contributed by atoms with Crippen LogP contribution in [0.2, 0.25) is 0 Å². The third-order valence-corrected chi connectivity index (χ3v) is 4.64. The molecule has 3 heteroatoms. The van der Waals surface area contributed by atoms with Gasteiger partial charge in [0, 0.05) is 0 Å². The Bertz CT molecular complexity index is 793. The number of rotatable bonds is 1. The normalized spacial score (nSPS) is 25.0. The average Bonchev–Trinajstić information content (AvgIpc) is 2.95. The van der Waals surface area contributed by atoms with Crippen LogP contribution in [0.25, 0.3) is 11.0 Å². The highest BCUT2D eigenvalue weighted by Gasteiger charge is 2.33. The van der Waals surface area contributed by atoms with E-state index in [1.807, 2.05) is 36.7 Å². The number of hydrogen-bond donors (Lipinski definition) is 1. The topological polar surface area (TPSA) is 38.0 Å². The van der Waals surface area contributed by atoms with Gasteiger partial charge in [-0.2, -0.15) is 0 Å². The van der Waals surface area contributed by atoms with E-state index in [1.54, 1.807) is 0 Å². The molecule has 106 valence electrons. The molecule has 4 rings (SSSR count). The number of aliphatic hydroxyl groups is 1. The number of imidazole rings is 1. The van der Waals surface area contributed by atoms with Crippen molar-refractivity contribution in [3.05, 3.63) is 66.0 Å². The smallest absolute Gasteiger partial charge is 0.100 e. The lowest BCUT2D eigenvalue weighted by atomic mass is 9.79. The van der Waals surface area contributed by atoms with E-state index in [0.29, 0.717) is 5.92 Å². The Morgan fingerprint density at radius 3 is 2.62 bits per heavy atom. The highest BCUT2D eigenvalue weighted by Crippen LogP contribution is 2.44. The van der Waals surface area contributed by atoms with Crippen LogP contribution in [0.15, 0.2) is 54.9 Å². The third-order valence-electron chi connectivity index (χ3n) is 4.64. The Morgan fingerprint density at radius 2 is 1.76 bits per heavy atom. The van der Waals surface area contributed by atoms with E-state index < -0.39 is 6.10 Å². The first kappa shape index (κ1) is 12.6. The number of aliphatic hydroxyl groups excluding tert-OH is 1. The second-order valence-corrected chi connectivity index (χ2v) is 5.92. The largest absolute Gasteiger partial charge is 0.386 e. The fraction of sp³-hybridized carbons (Fsp3) is 0.278. The predicted octanol–water partition coefficient (Wildman–Crippen LogP) is 3.82. The second-order valence-electron chi connectivity index (χ2n) is 5.92. The number of aromatic nitrogens is 2. The van der Waals surface area contributed by atoms with Gasteiger partial charge in [0.15, 0.2) is 0 Å². The highest BCUT2D eigenvalue weighted by atomic mass is 16.3. The van der Waals surface area contributed by atoms with Crippen LogP contribution in [-0.2, 0) is 0 Å². The molecule has 0 saturated heterocycles. The number of para-hydroxylation sites is 2. The van der Waals surface area contributed by atoms with Crippen molar-refractivity contribution in [3.63, 3.8) is 0 Å². The van der Waals surface area contributed by atoms with E-state index in [2.05, 4.69) is 34.7 Å². The molecule has 1 N–H and O–H groups in total. The molecular weight excluding hydrogens is 260 g/mol. The lowest BCUT2D eigenvalue weighted by molar-refractivity contribution is 0.0951. The molecule has 1 aromatic heterocycles. The van der Waals surface area contributed by atoms with Crippen LogP contribution in [0.5, 0.6) is 0 Å². The zero-order valence-corrected chi connectivity index (χ0v) is 12.0. The summed E-state index contributed by atoms with van der Waals surface area (Å²) in [7, 11) is 0. The van der Waals surface area contributed by atoms with Crippen LogP contribution in [0.1, 0.15) is 42.5 Å². The molecular formula is C18H18N2O. The summed E-state index contributed by atoms with van der Waals surface area (Å²) >= 11 is 0. The monoisotopic (exact) mass is 278 g/mol. The van der Waals surface area contributed by atoms with Gasteiger partial charge in [-0.1, -0.05) is 43.3 Å². The third kappa shape index (κ3) is 1.88. The highest BCUT2D eigenvalue weighted by molar-refractivity contribution is 5.75. The van der Waals surface area contributed by atoms with Gasteiger partial charge < -0.3 is 9.67 Å². The quantitative estimate of drug-likeness (QED) is 0.735. The molecule has 3 atom stereocenters. The van der Waals surface area contributed by atoms with Crippen molar-refractivity contribution >= 4 is 11.0 Å². The van der Waals surface area contributed by atoms with Crippen molar-refractivity contribution in [3.8, 4) is 0 Å². The van der Waals surface area contributed by atoms with Crippen molar-refractivity contribution in [1.82, 2.24) is 9.55 Å². The molecule has 0 aliphatic heterocycles. The van der Waals surface area contributed by atoms with Crippen molar-refractivity contribution < 1.29 is 5.11 Å². The summed E-state index contributed by atoms with van der Waals surface area (Å²) in [5.74, 6) is 0.441. The minimum Gasteiger partial charge on any atom is -0.386 e. The Hall–Kier alpha value is -2.13. The Kier molecular flexibility index (Phi) is 2.82. The first-order valence-corrected chi connectivity index (χ1v) is 7.44. The van der Waals surface area contributed by atoms with Gasteiger partial charge in [0.25, 0.3) is 0 Å². The fourth-order valence-electron chi connectivity index (χ4n) is 3.56. The Morgan fingerprint density at radius 1 is 1.05 bits per heavy atom. The maximum absolute atomic E-state index is 10.8. The van der Waals surface area contributed by atoms with Gasteiger partial charge in [0.05, 0.1) is 23.4 Å². The van der Waals surface area contributed by atoms with Crippen LogP contribution in [-0.4, -0.2) is 14.7 Å². The molecule has 1 aliphatic carbocycles. The summed E-state index contributed by atoms with van der Waals surface area (Å²) in [6, 6.07) is 16.4. The molecule has 0 fully saturated rings. The van der Waals surface area contributed by atoms with E-state index in [1.165, 1.54) is 5.56 Å². The molecule has 0 saturated carbocycles. The predicted molar refractivity (Wildman–Crippen MR) is 83.2 cm³/mol. The molecule has 21 heavy (non-hydrogen) atoms.